The highest BCUT2D eigenvalue weighted by Gasteiger charge is 2.05. The number of pyridine rings is 1. The van der Waals surface area contributed by atoms with Gasteiger partial charge in [-0.15, -0.1) is 0 Å². The summed E-state index contributed by atoms with van der Waals surface area (Å²) >= 11 is 0. The van der Waals surface area contributed by atoms with E-state index in [1.807, 2.05) is 24.3 Å². The fourth-order valence-electron chi connectivity index (χ4n) is 1.77. The second-order valence-electron chi connectivity index (χ2n) is 4.02. The zero-order valence-electron chi connectivity index (χ0n) is 10.1. The van der Waals surface area contributed by atoms with E-state index in [0.717, 1.165) is 29.5 Å². The van der Waals surface area contributed by atoms with Crippen molar-refractivity contribution < 1.29 is 4.74 Å². The molecular formula is C14H15N3O. The molecule has 18 heavy (non-hydrogen) atoms. The van der Waals surface area contributed by atoms with Gasteiger partial charge in [-0.2, -0.15) is 5.26 Å². The largest absolute Gasteiger partial charge is 0.491 e. The highest BCUT2D eigenvalue weighted by molar-refractivity contribution is 5.94. The lowest BCUT2D eigenvalue weighted by Crippen LogP contribution is -1.99. The minimum Gasteiger partial charge on any atom is -0.491 e. The first-order valence-electron chi connectivity index (χ1n) is 5.96. The van der Waals surface area contributed by atoms with Crippen LogP contribution >= 0.6 is 0 Å². The van der Waals surface area contributed by atoms with Crippen LogP contribution in [-0.2, 0) is 0 Å². The summed E-state index contributed by atoms with van der Waals surface area (Å²) in [5, 5.41) is 9.35. The van der Waals surface area contributed by atoms with Crippen molar-refractivity contribution in [3.63, 3.8) is 0 Å². The van der Waals surface area contributed by atoms with Crippen molar-refractivity contribution in [3.05, 3.63) is 30.5 Å². The van der Waals surface area contributed by atoms with Gasteiger partial charge in [-0.25, -0.2) is 0 Å². The number of hydrogen-bond donors (Lipinski definition) is 1. The molecule has 0 spiro atoms. The number of hydrogen-bond acceptors (Lipinski definition) is 4. The Labute approximate surface area is 106 Å². The lowest BCUT2D eigenvalue weighted by molar-refractivity contribution is 0.310. The highest BCUT2D eigenvalue weighted by atomic mass is 16.5. The van der Waals surface area contributed by atoms with Crippen LogP contribution in [0, 0.1) is 11.3 Å². The van der Waals surface area contributed by atoms with Crippen LogP contribution in [0.15, 0.2) is 30.5 Å². The fraction of sp³-hybridized carbons (Fsp3) is 0.286. The van der Waals surface area contributed by atoms with Crippen molar-refractivity contribution in [2.75, 3.05) is 12.3 Å². The molecule has 1 heterocycles. The quantitative estimate of drug-likeness (QED) is 0.645. The number of ether oxygens (including phenoxy) is 1. The molecule has 0 fully saturated rings. The van der Waals surface area contributed by atoms with Gasteiger partial charge >= 0.3 is 0 Å². The third-order valence-electron chi connectivity index (χ3n) is 2.71. The summed E-state index contributed by atoms with van der Waals surface area (Å²) in [6, 6.07) is 9.58. The molecule has 0 radical (unpaired) electrons. The summed E-state index contributed by atoms with van der Waals surface area (Å²) in [6.45, 7) is 0.595. The van der Waals surface area contributed by atoms with Gasteiger partial charge in [0.1, 0.15) is 11.3 Å². The number of nitrogens with two attached hydrogens (primary N) is 1. The average molecular weight is 241 g/mol. The van der Waals surface area contributed by atoms with Crippen molar-refractivity contribution in [1.82, 2.24) is 4.98 Å². The molecule has 92 valence electrons. The van der Waals surface area contributed by atoms with Gasteiger partial charge in [0.2, 0.25) is 0 Å². The molecule has 2 N–H and O–H groups in total. The normalized spacial score (nSPS) is 10.2. The van der Waals surface area contributed by atoms with Crippen molar-refractivity contribution in [2.24, 2.45) is 0 Å². The maximum atomic E-state index is 8.44. The van der Waals surface area contributed by atoms with E-state index in [2.05, 4.69) is 11.1 Å². The van der Waals surface area contributed by atoms with Crippen LogP contribution in [0.3, 0.4) is 0 Å². The predicted molar refractivity (Wildman–Crippen MR) is 71.1 cm³/mol. The van der Waals surface area contributed by atoms with E-state index in [-0.39, 0.29) is 0 Å². The molecule has 2 aromatic rings. The zero-order valence-corrected chi connectivity index (χ0v) is 10.1. The Bertz CT molecular complexity index is 575. The molecule has 1 aromatic heterocycles. The average Bonchev–Trinajstić information content (AvgIpc) is 2.41. The minimum absolute atomic E-state index is 0.574. The van der Waals surface area contributed by atoms with Gasteiger partial charge in [-0.3, -0.25) is 4.98 Å². The van der Waals surface area contributed by atoms with E-state index in [1.54, 1.807) is 6.20 Å². The molecule has 0 unspecified atom stereocenters. The number of nitrogens with zero attached hydrogens (tertiary/aromatic N) is 2. The number of aromatic nitrogens is 1. The second-order valence-corrected chi connectivity index (χ2v) is 4.02. The number of anilines is 1. The van der Waals surface area contributed by atoms with Gasteiger partial charge in [0.15, 0.2) is 0 Å². The van der Waals surface area contributed by atoms with Crippen molar-refractivity contribution in [2.45, 2.75) is 19.3 Å². The first-order chi connectivity index (χ1) is 8.83. The van der Waals surface area contributed by atoms with Crippen LogP contribution in [0.5, 0.6) is 5.75 Å². The highest BCUT2D eigenvalue weighted by Crippen LogP contribution is 2.28. The first-order valence-corrected chi connectivity index (χ1v) is 5.96. The predicted octanol–water partition coefficient (Wildman–Crippen LogP) is 2.89. The molecule has 2 rings (SSSR count). The Morgan fingerprint density at radius 2 is 2.17 bits per heavy atom. The fourth-order valence-corrected chi connectivity index (χ4v) is 1.77. The molecule has 1 aromatic carbocycles. The Morgan fingerprint density at radius 3 is 3.00 bits per heavy atom. The minimum atomic E-state index is 0.574. The number of fused-ring (bicyclic) bond motifs is 1. The monoisotopic (exact) mass is 241 g/mol. The topological polar surface area (TPSA) is 71.9 Å². The Balaban J connectivity index is 2.09. The van der Waals surface area contributed by atoms with E-state index in [0.29, 0.717) is 18.7 Å². The molecule has 0 aliphatic rings. The maximum absolute atomic E-state index is 8.44. The van der Waals surface area contributed by atoms with Gasteiger partial charge in [0.05, 0.1) is 12.7 Å². The lowest BCUT2D eigenvalue weighted by Gasteiger charge is -2.09. The van der Waals surface area contributed by atoms with Crippen LogP contribution in [0.2, 0.25) is 0 Å². The third-order valence-corrected chi connectivity index (χ3v) is 2.71. The van der Waals surface area contributed by atoms with Crippen molar-refractivity contribution in [1.29, 1.82) is 5.26 Å². The van der Waals surface area contributed by atoms with Crippen LogP contribution < -0.4 is 10.5 Å². The lowest BCUT2D eigenvalue weighted by atomic mass is 10.1. The second kappa shape index (κ2) is 5.87. The molecule has 0 aliphatic heterocycles. The van der Waals surface area contributed by atoms with E-state index in [1.165, 1.54) is 0 Å². The zero-order chi connectivity index (χ0) is 12.8. The van der Waals surface area contributed by atoms with Crippen molar-refractivity contribution in [3.8, 4) is 11.8 Å². The molecule has 0 amide bonds. The van der Waals surface area contributed by atoms with E-state index >= 15 is 0 Å². The van der Waals surface area contributed by atoms with Crippen molar-refractivity contribution >= 4 is 16.6 Å². The molecule has 0 saturated heterocycles. The molecule has 0 atom stereocenters. The number of rotatable bonds is 5. The smallest absolute Gasteiger partial charge is 0.145 e. The Kier molecular flexibility index (Phi) is 3.98. The summed E-state index contributed by atoms with van der Waals surface area (Å²) in [4.78, 5) is 4.30. The van der Waals surface area contributed by atoms with E-state index in [9.17, 15) is 0 Å². The number of unbranched alkanes of at least 4 members (excludes halogenated alkanes) is 2. The summed E-state index contributed by atoms with van der Waals surface area (Å²) < 4.78 is 5.69. The first kappa shape index (κ1) is 12.2. The molecule has 4 heteroatoms. The number of nitrogen functional groups attached to an aromatic ring is 1. The van der Waals surface area contributed by atoms with E-state index in [4.69, 9.17) is 15.7 Å². The van der Waals surface area contributed by atoms with Gasteiger partial charge in [0, 0.05) is 23.7 Å². The SMILES string of the molecule is N#CCCCCOc1ccc(N)c2cccnc12. The van der Waals surface area contributed by atoms with Crippen LogP contribution in [-0.4, -0.2) is 11.6 Å². The number of nitriles is 1. The summed E-state index contributed by atoms with van der Waals surface area (Å²) in [5.74, 6) is 0.747. The Hall–Kier alpha value is -2.28. The van der Waals surface area contributed by atoms with Gasteiger partial charge in [-0.05, 0) is 37.1 Å². The van der Waals surface area contributed by atoms with Crippen LogP contribution in [0.4, 0.5) is 5.69 Å². The van der Waals surface area contributed by atoms with E-state index < -0.39 is 0 Å². The summed E-state index contributed by atoms with van der Waals surface area (Å²) in [5.41, 5.74) is 7.38. The third kappa shape index (κ3) is 2.69. The van der Waals surface area contributed by atoms with Crippen LogP contribution in [0.1, 0.15) is 19.3 Å². The van der Waals surface area contributed by atoms with Gasteiger partial charge < -0.3 is 10.5 Å². The molecule has 0 bridgehead atoms. The van der Waals surface area contributed by atoms with Crippen LogP contribution in [0.25, 0.3) is 10.9 Å². The summed E-state index contributed by atoms with van der Waals surface area (Å²) in [7, 11) is 0. The standard InChI is InChI=1S/C14H15N3O/c15-8-2-1-3-10-18-13-7-6-12(16)11-5-4-9-17-14(11)13/h4-7,9H,1-3,10,16H2. The molecular weight excluding hydrogens is 226 g/mol. The molecule has 0 saturated carbocycles. The maximum Gasteiger partial charge on any atom is 0.145 e. The molecule has 4 nitrogen and oxygen atoms in total. The Morgan fingerprint density at radius 1 is 1.28 bits per heavy atom. The number of benzene rings is 1. The van der Waals surface area contributed by atoms with Gasteiger partial charge in [0.25, 0.3) is 0 Å². The molecule has 0 aliphatic carbocycles. The van der Waals surface area contributed by atoms with Gasteiger partial charge in [-0.1, -0.05) is 0 Å². The summed E-state index contributed by atoms with van der Waals surface area (Å²) in [6.07, 6.45) is 4.03.